The number of hydrogen-bond acceptors (Lipinski definition) is 4. The number of nitrogens with zero attached hydrogens (tertiary/aromatic N) is 1. The zero-order valence-electron chi connectivity index (χ0n) is 41.4. The maximum Gasteiger partial charge on any atom is 0.211 e. The Labute approximate surface area is 428 Å². The van der Waals surface area contributed by atoms with Crippen molar-refractivity contribution >= 4 is 126 Å². The van der Waals surface area contributed by atoms with E-state index in [2.05, 4.69) is 241 Å². The van der Waals surface area contributed by atoms with E-state index in [9.17, 15) is 0 Å². The van der Waals surface area contributed by atoms with Gasteiger partial charge in [0, 0.05) is 86.2 Å². The molecule has 0 fully saturated rings. The van der Waals surface area contributed by atoms with Crippen LogP contribution in [-0.4, -0.2) is 11.8 Å². The fourth-order valence-electron chi connectivity index (χ4n) is 11.5. The minimum absolute atomic E-state index is 0.00918. The van der Waals surface area contributed by atoms with Crippen molar-refractivity contribution in [3.63, 3.8) is 0 Å². The van der Waals surface area contributed by atoms with Crippen LogP contribution in [0, 0.1) is 0 Å². The second-order valence-electron chi connectivity index (χ2n) is 22.0. The lowest BCUT2D eigenvalue weighted by atomic mass is 9.63. The Morgan fingerprint density at radius 2 is 1.24 bits per heavy atom. The van der Waals surface area contributed by atoms with Crippen molar-refractivity contribution in [2.24, 2.45) is 0 Å². The molecule has 13 aromatic rings. The molecular formula is C66H52BN2OS2. The van der Waals surface area contributed by atoms with E-state index in [1.54, 1.807) is 0 Å². The predicted octanol–water partition coefficient (Wildman–Crippen LogP) is 17.6. The molecule has 0 saturated heterocycles. The Balaban J connectivity index is 1.01. The van der Waals surface area contributed by atoms with Gasteiger partial charge in [0.05, 0.1) is 11.2 Å². The number of benzene rings is 9. The first-order chi connectivity index (χ1) is 34.9. The van der Waals surface area contributed by atoms with Crippen LogP contribution in [0.2, 0.25) is 0 Å². The van der Waals surface area contributed by atoms with Crippen LogP contribution in [0.1, 0.15) is 75.3 Å². The molecule has 1 atom stereocenters. The highest BCUT2D eigenvalue weighted by molar-refractivity contribution is 7.29. The molecule has 1 unspecified atom stereocenters. The van der Waals surface area contributed by atoms with Gasteiger partial charge < -0.3 is 14.3 Å². The Morgan fingerprint density at radius 1 is 0.514 bits per heavy atom. The van der Waals surface area contributed by atoms with E-state index in [0.717, 1.165) is 39.7 Å². The van der Waals surface area contributed by atoms with Gasteiger partial charge in [0.2, 0.25) is 7.28 Å². The summed E-state index contributed by atoms with van der Waals surface area (Å²) >= 11 is 3.79. The number of rotatable bonds is 7. The molecule has 3 nitrogen and oxygen atoms in total. The van der Waals surface area contributed by atoms with Gasteiger partial charge in [-0.15, -0.1) is 22.7 Å². The highest BCUT2D eigenvalue weighted by atomic mass is 32.1. The summed E-state index contributed by atoms with van der Waals surface area (Å²) in [4.78, 5) is 0. The summed E-state index contributed by atoms with van der Waals surface area (Å²) in [6.45, 7) is 13.8. The lowest BCUT2D eigenvalue weighted by molar-refractivity contribution is 0.590. The molecule has 0 aliphatic carbocycles. The van der Waals surface area contributed by atoms with Gasteiger partial charge in [-0.05, 0) is 115 Å². The SMILES string of the molecule is CC(C)(C)c1ccc(Nc2cc3sc4cc(C(Cc5ccccc5)c5ccccc5)ccc4c3cc2-c2ccc3c4cc5c(cc4n4c3c2[B]c2sc3ccc(C(C)(C)C)cc3c2-4)oc2ccccc25)cc1. The normalized spacial score (nSPS) is 13.2. The largest absolute Gasteiger partial charge is 0.456 e. The minimum Gasteiger partial charge on any atom is -0.456 e. The number of para-hydroxylation sites is 1. The Hall–Kier alpha value is -7.38. The van der Waals surface area contributed by atoms with Gasteiger partial charge in [0.1, 0.15) is 11.2 Å². The van der Waals surface area contributed by atoms with Crippen molar-refractivity contribution in [3.05, 3.63) is 210 Å². The molecule has 0 spiro atoms. The number of fused-ring (bicyclic) bond motifs is 13. The number of anilines is 2. The zero-order valence-corrected chi connectivity index (χ0v) is 43.0. The smallest absolute Gasteiger partial charge is 0.211 e. The summed E-state index contributed by atoms with van der Waals surface area (Å²) in [5.41, 5.74) is 18.0. The third-order valence-corrected chi connectivity index (χ3v) is 17.6. The first-order valence-electron chi connectivity index (χ1n) is 25.2. The molecule has 5 heterocycles. The van der Waals surface area contributed by atoms with Gasteiger partial charge >= 0.3 is 0 Å². The predicted molar refractivity (Wildman–Crippen MR) is 312 cm³/mol. The number of hydrogen-bond donors (Lipinski definition) is 1. The van der Waals surface area contributed by atoms with Gasteiger partial charge in [0.15, 0.2) is 0 Å². The lowest BCUT2D eigenvalue weighted by Gasteiger charge is -2.23. The first kappa shape index (κ1) is 43.4. The molecule has 14 rings (SSSR count). The van der Waals surface area contributed by atoms with E-state index in [-0.39, 0.29) is 16.7 Å². The Morgan fingerprint density at radius 3 is 2.03 bits per heavy atom. The summed E-state index contributed by atoms with van der Waals surface area (Å²) in [6.07, 6.45) is 0.939. The Kier molecular flexibility index (Phi) is 9.69. The summed E-state index contributed by atoms with van der Waals surface area (Å²) in [7, 11) is 2.49. The molecule has 0 saturated carbocycles. The first-order valence-corrected chi connectivity index (χ1v) is 26.9. The maximum absolute atomic E-state index is 6.63. The molecular weight excluding hydrogens is 912 g/mol. The molecule has 6 heteroatoms. The highest BCUT2D eigenvalue weighted by Crippen LogP contribution is 2.47. The molecule has 1 aliphatic heterocycles. The molecule has 1 radical (unpaired) electrons. The van der Waals surface area contributed by atoms with Crippen molar-refractivity contribution in [2.75, 3.05) is 5.32 Å². The van der Waals surface area contributed by atoms with E-state index < -0.39 is 0 Å². The standard InChI is InChI=1S/C66H52BN2OS2/c1-65(2,3)41-22-25-43(26-23-41)68-54-36-60-52(45-27-21-40(32-59(45)71-60)48(39-17-11-8-12-18-39)31-38-15-9-7-10-16-38)34-49(54)46-28-29-47-50-35-51-44-19-13-14-20-56(44)70-57(51)37-55(50)69-62(47)61(46)67-64-63(69)53-33-42(66(4,5)6)24-30-58(53)72-64/h7-30,32-37,48,68H,31H2,1-6H3. The van der Waals surface area contributed by atoms with E-state index in [0.29, 0.717) is 0 Å². The fraction of sp³-hybridized carbons (Fsp3) is 0.152. The number of thiophene rings is 2. The topological polar surface area (TPSA) is 30.1 Å². The van der Waals surface area contributed by atoms with E-state index in [1.807, 2.05) is 22.7 Å². The minimum atomic E-state index is 0.00918. The van der Waals surface area contributed by atoms with Crippen molar-refractivity contribution in [3.8, 4) is 16.8 Å². The highest BCUT2D eigenvalue weighted by Gasteiger charge is 2.31. The van der Waals surface area contributed by atoms with Gasteiger partial charge in [-0.25, -0.2) is 0 Å². The summed E-state index contributed by atoms with van der Waals surface area (Å²) < 4.78 is 14.3. The van der Waals surface area contributed by atoms with Crippen LogP contribution < -0.4 is 15.6 Å². The van der Waals surface area contributed by atoms with Gasteiger partial charge in [-0.2, -0.15) is 0 Å². The monoisotopic (exact) mass is 963 g/mol. The molecule has 347 valence electrons. The van der Waals surface area contributed by atoms with E-state index in [1.165, 1.54) is 107 Å². The van der Waals surface area contributed by atoms with Crippen molar-refractivity contribution < 1.29 is 4.42 Å². The molecule has 0 amide bonds. The summed E-state index contributed by atoms with van der Waals surface area (Å²) in [5.74, 6) is 0.232. The number of furan rings is 1. The van der Waals surface area contributed by atoms with E-state index >= 15 is 0 Å². The zero-order chi connectivity index (χ0) is 48.6. The number of aromatic nitrogens is 1. The van der Waals surface area contributed by atoms with Crippen LogP contribution in [0.5, 0.6) is 0 Å². The average Bonchev–Trinajstić information content (AvgIpc) is 4.14. The second kappa shape index (κ2) is 16.1. The molecule has 1 N–H and O–H groups in total. The Bertz CT molecular complexity index is 4310. The molecule has 9 aromatic carbocycles. The van der Waals surface area contributed by atoms with Crippen molar-refractivity contribution in [2.45, 2.75) is 64.7 Å². The fourth-order valence-corrected chi connectivity index (χ4v) is 13.8. The van der Waals surface area contributed by atoms with Crippen LogP contribution in [0.4, 0.5) is 11.4 Å². The number of nitrogens with one attached hydrogen (secondary N) is 1. The molecule has 72 heavy (non-hydrogen) atoms. The third kappa shape index (κ3) is 6.98. The third-order valence-electron chi connectivity index (χ3n) is 15.4. The molecule has 4 aromatic heterocycles. The van der Waals surface area contributed by atoms with Crippen LogP contribution in [0.15, 0.2) is 186 Å². The van der Waals surface area contributed by atoms with Crippen molar-refractivity contribution in [1.29, 1.82) is 0 Å². The van der Waals surface area contributed by atoms with E-state index in [4.69, 9.17) is 4.42 Å². The van der Waals surface area contributed by atoms with Crippen molar-refractivity contribution in [1.82, 2.24) is 4.57 Å². The quantitative estimate of drug-likeness (QED) is 0.161. The van der Waals surface area contributed by atoms with Gasteiger partial charge in [0.25, 0.3) is 0 Å². The van der Waals surface area contributed by atoms with Gasteiger partial charge in [-0.1, -0.05) is 163 Å². The second-order valence-corrected chi connectivity index (χ2v) is 24.2. The van der Waals surface area contributed by atoms with Crippen LogP contribution in [-0.2, 0) is 17.3 Å². The van der Waals surface area contributed by atoms with Crippen LogP contribution >= 0.6 is 22.7 Å². The van der Waals surface area contributed by atoms with Gasteiger partial charge in [-0.3, -0.25) is 0 Å². The molecule has 0 bridgehead atoms. The average molecular weight is 964 g/mol. The van der Waals surface area contributed by atoms with Crippen LogP contribution in [0.25, 0.3) is 90.8 Å². The van der Waals surface area contributed by atoms with Crippen LogP contribution in [0.3, 0.4) is 0 Å². The summed E-state index contributed by atoms with van der Waals surface area (Å²) in [6, 6.07) is 68.1. The molecule has 1 aliphatic rings. The summed E-state index contributed by atoms with van der Waals surface area (Å²) in [5, 5.41) is 12.6. The maximum atomic E-state index is 6.63. The lowest BCUT2D eigenvalue weighted by Crippen LogP contribution is -2.35.